The number of rotatable bonds is 1. The third kappa shape index (κ3) is 1.96. The molecule has 2 heterocycles. The van der Waals surface area contributed by atoms with E-state index in [0.29, 0.717) is 5.54 Å². The summed E-state index contributed by atoms with van der Waals surface area (Å²) in [6.07, 6.45) is 14.6. The van der Waals surface area contributed by atoms with Gasteiger partial charge in [-0.2, -0.15) is 0 Å². The number of hydrogen-bond acceptors (Lipinski definition) is 3. The Kier molecular flexibility index (Phi) is 2.81. The topological polar surface area (TPSA) is 29.0 Å². The zero-order chi connectivity index (χ0) is 14.3. The Morgan fingerprint density at radius 1 is 1.19 bits per heavy atom. The second-order valence-corrected chi connectivity index (χ2v) is 6.17. The Bertz CT molecular complexity index is 693. The van der Waals surface area contributed by atoms with Crippen LogP contribution in [0.25, 0.3) is 11.1 Å². The van der Waals surface area contributed by atoms with E-state index < -0.39 is 0 Å². The molecule has 1 atom stereocenters. The standard InChI is InChI=1S/C18H19N3/c1-21-9-3-7-18(21)8-6-17-14(10-18)4-2-5-16(17)15-11-19-13-20-12-15/h2-5,9,11-13H,6-8,10H2,1H3. The van der Waals surface area contributed by atoms with Gasteiger partial charge in [-0.15, -0.1) is 0 Å². The van der Waals surface area contributed by atoms with Gasteiger partial charge in [-0.25, -0.2) is 9.97 Å². The molecule has 0 bridgehead atoms. The zero-order valence-corrected chi connectivity index (χ0v) is 12.3. The van der Waals surface area contributed by atoms with Crippen LogP contribution in [-0.4, -0.2) is 27.5 Å². The quantitative estimate of drug-likeness (QED) is 0.801. The maximum Gasteiger partial charge on any atom is 0.115 e. The van der Waals surface area contributed by atoms with Gasteiger partial charge in [-0.1, -0.05) is 24.3 Å². The molecule has 0 saturated carbocycles. The van der Waals surface area contributed by atoms with Crippen molar-refractivity contribution < 1.29 is 0 Å². The van der Waals surface area contributed by atoms with E-state index in [4.69, 9.17) is 0 Å². The van der Waals surface area contributed by atoms with Gasteiger partial charge < -0.3 is 4.90 Å². The average molecular weight is 277 g/mol. The molecule has 4 rings (SSSR count). The Balaban J connectivity index is 1.75. The highest BCUT2D eigenvalue weighted by atomic mass is 15.2. The van der Waals surface area contributed by atoms with E-state index in [1.54, 1.807) is 6.33 Å². The molecular weight excluding hydrogens is 258 g/mol. The van der Waals surface area contributed by atoms with Crippen molar-refractivity contribution in [2.45, 2.75) is 31.2 Å². The smallest absolute Gasteiger partial charge is 0.115 e. The van der Waals surface area contributed by atoms with Crippen molar-refractivity contribution in [3.05, 3.63) is 60.3 Å². The van der Waals surface area contributed by atoms with Gasteiger partial charge in [-0.3, -0.25) is 0 Å². The SMILES string of the molecule is CN1C=CCC12CCc1c(cccc1-c1cncnc1)C2. The molecule has 1 aliphatic heterocycles. The predicted molar refractivity (Wildman–Crippen MR) is 83.7 cm³/mol. The lowest BCUT2D eigenvalue weighted by atomic mass is 9.74. The molecule has 0 fully saturated rings. The minimum Gasteiger partial charge on any atom is -0.374 e. The molecule has 1 aliphatic carbocycles. The van der Waals surface area contributed by atoms with Crippen molar-refractivity contribution in [3.63, 3.8) is 0 Å². The summed E-state index contributed by atoms with van der Waals surface area (Å²) in [6, 6.07) is 6.66. The van der Waals surface area contributed by atoms with Gasteiger partial charge >= 0.3 is 0 Å². The molecule has 0 saturated heterocycles. The number of aromatic nitrogens is 2. The van der Waals surface area contributed by atoms with E-state index >= 15 is 0 Å². The molecule has 2 aliphatic rings. The van der Waals surface area contributed by atoms with Gasteiger partial charge in [0.05, 0.1) is 0 Å². The van der Waals surface area contributed by atoms with Gasteiger partial charge in [0.2, 0.25) is 0 Å². The fourth-order valence-corrected chi connectivity index (χ4v) is 3.81. The van der Waals surface area contributed by atoms with Crippen molar-refractivity contribution in [3.8, 4) is 11.1 Å². The molecule has 0 radical (unpaired) electrons. The summed E-state index contributed by atoms with van der Waals surface area (Å²) >= 11 is 0. The number of benzene rings is 1. The Hall–Kier alpha value is -2.16. The van der Waals surface area contributed by atoms with Crippen LogP contribution in [0.3, 0.4) is 0 Å². The van der Waals surface area contributed by atoms with Crippen LogP contribution < -0.4 is 0 Å². The van der Waals surface area contributed by atoms with Crippen LogP contribution >= 0.6 is 0 Å². The lowest BCUT2D eigenvalue weighted by Gasteiger charge is -2.42. The van der Waals surface area contributed by atoms with E-state index in [1.165, 1.54) is 29.5 Å². The summed E-state index contributed by atoms with van der Waals surface area (Å²) in [7, 11) is 2.21. The fraction of sp³-hybridized carbons (Fsp3) is 0.333. The van der Waals surface area contributed by atoms with E-state index in [1.807, 2.05) is 12.4 Å². The highest BCUT2D eigenvalue weighted by Crippen LogP contribution is 2.41. The van der Waals surface area contributed by atoms with Crippen LogP contribution in [0, 0.1) is 0 Å². The molecule has 1 aromatic heterocycles. The maximum absolute atomic E-state index is 4.16. The first-order valence-corrected chi connectivity index (χ1v) is 7.54. The number of nitrogens with zero attached hydrogens (tertiary/aromatic N) is 3. The summed E-state index contributed by atoms with van der Waals surface area (Å²) in [4.78, 5) is 10.7. The Morgan fingerprint density at radius 2 is 2.05 bits per heavy atom. The van der Waals surface area contributed by atoms with Crippen LogP contribution in [0.5, 0.6) is 0 Å². The first kappa shape index (κ1) is 12.6. The lowest BCUT2D eigenvalue weighted by molar-refractivity contribution is 0.176. The molecule has 3 heteroatoms. The van der Waals surface area contributed by atoms with Gasteiger partial charge in [-0.05, 0) is 48.6 Å². The van der Waals surface area contributed by atoms with E-state index in [9.17, 15) is 0 Å². The summed E-state index contributed by atoms with van der Waals surface area (Å²) in [5.74, 6) is 0. The van der Waals surface area contributed by atoms with Crippen molar-refractivity contribution in [1.82, 2.24) is 14.9 Å². The maximum atomic E-state index is 4.16. The third-order valence-electron chi connectivity index (χ3n) is 5.08. The van der Waals surface area contributed by atoms with Gasteiger partial charge in [0.1, 0.15) is 6.33 Å². The van der Waals surface area contributed by atoms with E-state index in [0.717, 1.165) is 18.4 Å². The number of fused-ring (bicyclic) bond motifs is 1. The minimum absolute atomic E-state index is 0.304. The number of likely N-dealkylation sites (N-methyl/N-ethyl adjacent to an activating group) is 1. The summed E-state index contributed by atoms with van der Waals surface area (Å²) in [6.45, 7) is 0. The van der Waals surface area contributed by atoms with Gasteiger partial charge in [0.15, 0.2) is 0 Å². The summed E-state index contributed by atoms with van der Waals surface area (Å²) in [5, 5.41) is 0. The predicted octanol–water partition coefficient (Wildman–Crippen LogP) is 3.22. The van der Waals surface area contributed by atoms with Crippen molar-refractivity contribution in [2.75, 3.05) is 7.05 Å². The van der Waals surface area contributed by atoms with Crippen molar-refractivity contribution >= 4 is 0 Å². The van der Waals surface area contributed by atoms with Gasteiger partial charge in [0, 0.05) is 30.5 Å². The second-order valence-electron chi connectivity index (χ2n) is 6.17. The molecular formula is C18H19N3. The second kappa shape index (κ2) is 4.69. The van der Waals surface area contributed by atoms with E-state index in [2.05, 4.69) is 52.4 Å². The monoisotopic (exact) mass is 277 g/mol. The fourth-order valence-electron chi connectivity index (χ4n) is 3.81. The molecule has 0 N–H and O–H groups in total. The molecule has 106 valence electrons. The van der Waals surface area contributed by atoms with Crippen molar-refractivity contribution in [1.29, 1.82) is 0 Å². The number of hydrogen-bond donors (Lipinski definition) is 0. The minimum atomic E-state index is 0.304. The van der Waals surface area contributed by atoms with Crippen LogP contribution in [0.4, 0.5) is 0 Å². The molecule has 1 aromatic carbocycles. The molecule has 2 aromatic rings. The van der Waals surface area contributed by atoms with Crippen LogP contribution in [0.1, 0.15) is 24.0 Å². The van der Waals surface area contributed by atoms with E-state index in [-0.39, 0.29) is 0 Å². The Morgan fingerprint density at radius 3 is 2.81 bits per heavy atom. The highest BCUT2D eigenvalue weighted by Gasteiger charge is 2.38. The van der Waals surface area contributed by atoms with Crippen molar-refractivity contribution in [2.24, 2.45) is 0 Å². The summed E-state index contributed by atoms with van der Waals surface area (Å²) < 4.78 is 0. The first-order valence-electron chi connectivity index (χ1n) is 7.54. The zero-order valence-electron chi connectivity index (χ0n) is 12.3. The van der Waals surface area contributed by atoms with Crippen LogP contribution in [-0.2, 0) is 12.8 Å². The Labute approximate surface area is 125 Å². The summed E-state index contributed by atoms with van der Waals surface area (Å²) in [5.41, 5.74) is 5.70. The molecule has 1 unspecified atom stereocenters. The average Bonchev–Trinajstić information content (AvgIpc) is 2.88. The molecule has 0 amide bonds. The lowest BCUT2D eigenvalue weighted by Crippen LogP contribution is -2.45. The largest absolute Gasteiger partial charge is 0.374 e. The molecule has 1 spiro atoms. The molecule has 21 heavy (non-hydrogen) atoms. The highest BCUT2D eigenvalue weighted by molar-refractivity contribution is 5.68. The third-order valence-corrected chi connectivity index (χ3v) is 5.08. The molecule has 3 nitrogen and oxygen atoms in total. The van der Waals surface area contributed by atoms with Gasteiger partial charge in [0.25, 0.3) is 0 Å². The van der Waals surface area contributed by atoms with Crippen LogP contribution in [0.2, 0.25) is 0 Å². The van der Waals surface area contributed by atoms with Crippen LogP contribution in [0.15, 0.2) is 49.2 Å². The first-order chi connectivity index (χ1) is 10.3. The normalized spacial score (nSPS) is 23.6.